The molecule has 1 aliphatic rings. The Labute approximate surface area is 118 Å². The molecule has 2 rings (SSSR count). The van der Waals surface area contributed by atoms with Crippen LogP contribution in [-0.2, 0) is 6.42 Å². The van der Waals surface area contributed by atoms with Gasteiger partial charge in [-0.2, -0.15) is 0 Å². The zero-order valence-electron chi connectivity index (χ0n) is 12.4. The minimum atomic E-state index is 0.533. The minimum Gasteiger partial charge on any atom is -0.329 e. The Balaban J connectivity index is 1.95. The van der Waals surface area contributed by atoms with Gasteiger partial charge in [0.25, 0.3) is 0 Å². The molecule has 0 radical (unpaired) electrons. The first-order valence-corrected chi connectivity index (χ1v) is 7.73. The van der Waals surface area contributed by atoms with Crippen LogP contribution in [0.5, 0.6) is 0 Å². The summed E-state index contributed by atoms with van der Waals surface area (Å²) in [7, 11) is 0. The fourth-order valence-corrected chi connectivity index (χ4v) is 3.53. The van der Waals surface area contributed by atoms with Crippen LogP contribution < -0.4 is 5.73 Å². The van der Waals surface area contributed by atoms with E-state index in [1.54, 1.807) is 0 Å². The summed E-state index contributed by atoms with van der Waals surface area (Å²) in [5, 5.41) is 0. The number of benzene rings is 1. The van der Waals surface area contributed by atoms with Gasteiger partial charge in [-0.3, -0.25) is 4.90 Å². The Morgan fingerprint density at radius 2 is 1.79 bits per heavy atom. The Bertz CT molecular complexity index is 353. The maximum Gasteiger partial charge on any atom is 0.0227 e. The summed E-state index contributed by atoms with van der Waals surface area (Å²) in [6.45, 7) is 5.50. The topological polar surface area (TPSA) is 29.3 Å². The number of hydrogen-bond donors (Lipinski definition) is 1. The van der Waals surface area contributed by atoms with Crippen LogP contribution >= 0.6 is 0 Å². The molecule has 1 aromatic carbocycles. The van der Waals surface area contributed by atoms with Gasteiger partial charge in [0.2, 0.25) is 0 Å². The van der Waals surface area contributed by atoms with Crippen molar-refractivity contribution in [3.8, 4) is 0 Å². The first-order valence-electron chi connectivity index (χ1n) is 7.73. The normalized spacial score (nSPS) is 26.3. The van der Waals surface area contributed by atoms with Crippen molar-refractivity contribution in [2.45, 2.75) is 64.1 Å². The van der Waals surface area contributed by atoms with Gasteiger partial charge in [-0.1, -0.05) is 36.8 Å². The zero-order valence-corrected chi connectivity index (χ0v) is 12.4. The van der Waals surface area contributed by atoms with Gasteiger partial charge < -0.3 is 5.73 Å². The molecule has 1 fully saturated rings. The van der Waals surface area contributed by atoms with E-state index in [1.165, 1.54) is 31.2 Å². The van der Waals surface area contributed by atoms with E-state index in [0.717, 1.165) is 13.0 Å². The van der Waals surface area contributed by atoms with E-state index in [0.29, 0.717) is 18.1 Å². The molecule has 0 aromatic heterocycles. The van der Waals surface area contributed by atoms with Gasteiger partial charge in [-0.05, 0) is 45.1 Å². The third kappa shape index (κ3) is 3.80. The van der Waals surface area contributed by atoms with Crippen LogP contribution in [0.15, 0.2) is 30.3 Å². The second-order valence-corrected chi connectivity index (χ2v) is 5.99. The summed E-state index contributed by atoms with van der Waals surface area (Å²) >= 11 is 0. The predicted octanol–water partition coefficient (Wildman–Crippen LogP) is 3.21. The molecule has 106 valence electrons. The molecule has 0 saturated carbocycles. The van der Waals surface area contributed by atoms with E-state index >= 15 is 0 Å². The Morgan fingerprint density at radius 1 is 1.16 bits per heavy atom. The molecular formula is C17H28N2. The SMILES string of the molecule is CC1CCCC(C)N1C(CN)CCc1ccccc1. The van der Waals surface area contributed by atoms with Gasteiger partial charge in [0.1, 0.15) is 0 Å². The van der Waals surface area contributed by atoms with E-state index < -0.39 is 0 Å². The molecule has 2 nitrogen and oxygen atoms in total. The second kappa shape index (κ2) is 7.06. The number of likely N-dealkylation sites (tertiary alicyclic amines) is 1. The van der Waals surface area contributed by atoms with E-state index in [4.69, 9.17) is 5.73 Å². The van der Waals surface area contributed by atoms with Gasteiger partial charge in [0.05, 0.1) is 0 Å². The quantitative estimate of drug-likeness (QED) is 0.881. The summed E-state index contributed by atoms with van der Waals surface area (Å²) in [5.74, 6) is 0. The average Bonchev–Trinajstić information content (AvgIpc) is 2.43. The van der Waals surface area contributed by atoms with Gasteiger partial charge in [-0.25, -0.2) is 0 Å². The lowest BCUT2D eigenvalue weighted by Crippen LogP contribution is -2.52. The lowest BCUT2D eigenvalue weighted by Gasteiger charge is -2.44. The standard InChI is InChI=1S/C17H28N2/c1-14-7-6-8-15(2)19(14)17(13-18)12-11-16-9-4-3-5-10-16/h3-5,9-10,14-15,17H,6-8,11-13,18H2,1-2H3. The Kier molecular flexibility index (Phi) is 5.41. The highest BCUT2D eigenvalue weighted by molar-refractivity contribution is 5.14. The van der Waals surface area contributed by atoms with Crippen molar-refractivity contribution in [3.63, 3.8) is 0 Å². The van der Waals surface area contributed by atoms with Crippen molar-refractivity contribution in [1.82, 2.24) is 4.90 Å². The molecule has 19 heavy (non-hydrogen) atoms. The fourth-order valence-electron chi connectivity index (χ4n) is 3.53. The van der Waals surface area contributed by atoms with Crippen molar-refractivity contribution in [3.05, 3.63) is 35.9 Å². The predicted molar refractivity (Wildman–Crippen MR) is 82.2 cm³/mol. The Morgan fingerprint density at radius 3 is 2.37 bits per heavy atom. The number of rotatable bonds is 5. The van der Waals surface area contributed by atoms with Gasteiger partial charge in [-0.15, -0.1) is 0 Å². The third-order valence-corrected chi connectivity index (χ3v) is 4.56. The number of nitrogens with two attached hydrogens (primary N) is 1. The van der Waals surface area contributed by atoms with Crippen molar-refractivity contribution in [1.29, 1.82) is 0 Å². The molecule has 1 aromatic rings. The Hall–Kier alpha value is -0.860. The fraction of sp³-hybridized carbons (Fsp3) is 0.647. The maximum absolute atomic E-state index is 6.05. The van der Waals surface area contributed by atoms with Crippen molar-refractivity contribution >= 4 is 0 Å². The van der Waals surface area contributed by atoms with Gasteiger partial charge in [0, 0.05) is 24.7 Å². The number of aryl methyl sites for hydroxylation is 1. The highest BCUT2D eigenvalue weighted by Crippen LogP contribution is 2.26. The van der Waals surface area contributed by atoms with Crippen molar-refractivity contribution in [2.75, 3.05) is 6.54 Å². The first-order chi connectivity index (χ1) is 9.22. The average molecular weight is 260 g/mol. The molecule has 2 N–H and O–H groups in total. The van der Waals surface area contributed by atoms with Crippen LogP contribution in [0.3, 0.4) is 0 Å². The number of hydrogen-bond acceptors (Lipinski definition) is 2. The van der Waals surface area contributed by atoms with Gasteiger partial charge in [0.15, 0.2) is 0 Å². The molecule has 1 aliphatic heterocycles. The molecule has 0 spiro atoms. The van der Waals surface area contributed by atoms with E-state index in [-0.39, 0.29) is 0 Å². The summed E-state index contributed by atoms with van der Waals surface area (Å²) < 4.78 is 0. The van der Waals surface area contributed by atoms with Crippen LogP contribution in [0.25, 0.3) is 0 Å². The molecule has 2 heteroatoms. The largest absolute Gasteiger partial charge is 0.329 e. The molecule has 1 heterocycles. The van der Waals surface area contributed by atoms with Crippen molar-refractivity contribution < 1.29 is 0 Å². The van der Waals surface area contributed by atoms with Crippen LogP contribution in [0.2, 0.25) is 0 Å². The molecule has 0 amide bonds. The number of nitrogens with zero attached hydrogens (tertiary/aromatic N) is 1. The van der Waals surface area contributed by atoms with Crippen LogP contribution in [0.1, 0.15) is 45.1 Å². The molecule has 3 atom stereocenters. The first kappa shape index (κ1) is 14.5. The van der Waals surface area contributed by atoms with Crippen LogP contribution in [0, 0.1) is 0 Å². The monoisotopic (exact) mass is 260 g/mol. The highest BCUT2D eigenvalue weighted by Gasteiger charge is 2.29. The highest BCUT2D eigenvalue weighted by atomic mass is 15.2. The van der Waals surface area contributed by atoms with Crippen LogP contribution in [0.4, 0.5) is 0 Å². The number of piperidine rings is 1. The summed E-state index contributed by atoms with van der Waals surface area (Å²) in [4.78, 5) is 2.67. The summed E-state index contributed by atoms with van der Waals surface area (Å²) in [6.07, 6.45) is 6.33. The zero-order chi connectivity index (χ0) is 13.7. The van der Waals surface area contributed by atoms with E-state index in [1.807, 2.05) is 0 Å². The smallest absolute Gasteiger partial charge is 0.0227 e. The maximum atomic E-state index is 6.05. The third-order valence-electron chi connectivity index (χ3n) is 4.56. The molecule has 3 unspecified atom stereocenters. The summed E-state index contributed by atoms with van der Waals surface area (Å²) in [5.41, 5.74) is 7.48. The summed E-state index contributed by atoms with van der Waals surface area (Å²) in [6, 6.07) is 12.7. The lowest BCUT2D eigenvalue weighted by atomic mass is 9.93. The molecular weight excluding hydrogens is 232 g/mol. The molecule has 0 aliphatic carbocycles. The minimum absolute atomic E-state index is 0.533. The van der Waals surface area contributed by atoms with Crippen molar-refractivity contribution in [2.24, 2.45) is 5.73 Å². The van der Waals surface area contributed by atoms with E-state index in [2.05, 4.69) is 49.1 Å². The lowest BCUT2D eigenvalue weighted by molar-refractivity contribution is 0.0545. The second-order valence-electron chi connectivity index (χ2n) is 5.99. The van der Waals surface area contributed by atoms with E-state index in [9.17, 15) is 0 Å². The molecule has 0 bridgehead atoms. The van der Waals surface area contributed by atoms with Gasteiger partial charge >= 0.3 is 0 Å². The van der Waals surface area contributed by atoms with Crippen LogP contribution in [-0.4, -0.2) is 29.6 Å². The molecule has 1 saturated heterocycles.